The van der Waals surface area contributed by atoms with Crippen LogP contribution in [-0.4, -0.2) is 53.3 Å². The lowest BCUT2D eigenvalue weighted by molar-refractivity contribution is -0.199. The Morgan fingerprint density at radius 3 is 2.65 bits per heavy atom. The van der Waals surface area contributed by atoms with Crippen LogP contribution in [0.1, 0.15) is 57.4 Å². The lowest BCUT2D eigenvalue weighted by Crippen LogP contribution is -2.52. The number of carbonyl (C=O) groups excluding carboxylic acids is 2. The van der Waals surface area contributed by atoms with Gasteiger partial charge in [0.25, 0.3) is 0 Å². The van der Waals surface area contributed by atoms with Gasteiger partial charge in [-0.3, -0.25) is 14.5 Å². The maximum Gasteiger partial charge on any atom is 0.425 e. The van der Waals surface area contributed by atoms with E-state index in [1.165, 1.54) is 17.2 Å². The molecule has 2 aliphatic heterocycles. The number of guanidine groups is 1. The Morgan fingerprint density at radius 2 is 2.00 bits per heavy atom. The number of rotatable bonds is 6. The van der Waals surface area contributed by atoms with Crippen LogP contribution in [0.15, 0.2) is 34.3 Å². The minimum absolute atomic E-state index is 0.0944. The van der Waals surface area contributed by atoms with E-state index in [1.54, 1.807) is 18.2 Å². The van der Waals surface area contributed by atoms with Crippen LogP contribution in [0.4, 0.5) is 13.2 Å². The van der Waals surface area contributed by atoms with Gasteiger partial charge in [0.05, 0.1) is 12.0 Å². The van der Waals surface area contributed by atoms with E-state index >= 15 is 0 Å². The van der Waals surface area contributed by atoms with Crippen molar-refractivity contribution < 1.29 is 27.5 Å². The van der Waals surface area contributed by atoms with E-state index in [1.807, 2.05) is 13.8 Å². The molecule has 7 nitrogen and oxygen atoms in total. The van der Waals surface area contributed by atoms with Crippen molar-refractivity contribution in [2.45, 2.75) is 69.7 Å². The Kier molecular flexibility index (Phi) is 6.44. The molecule has 2 amide bonds. The summed E-state index contributed by atoms with van der Waals surface area (Å²) in [6.07, 6.45) is -3.23. The van der Waals surface area contributed by atoms with Gasteiger partial charge in [0.1, 0.15) is 5.75 Å². The predicted octanol–water partition coefficient (Wildman–Crippen LogP) is 3.82. The van der Waals surface area contributed by atoms with Crippen LogP contribution >= 0.6 is 0 Å². The molecule has 3 aliphatic rings. The van der Waals surface area contributed by atoms with Crippen molar-refractivity contribution in [2.24, 2.45) is 27.6 Å². The van der Waals surface area contributed by atoms with E-state index < -0.39 is 29.6 Å². The van der Waals surface area contributed by atoms with Crippen molar-refractivity contribution in [1.29, 1.82) is 0 Å². The Morgan fingerprint density at radius 1 is 1.29 bits per heavy atom. The number of hydrogen-bond donors (Lipinski definition) is 1. The number of aliphatic imine (C=N–C) groups is 2. The Labute approximate surface area is 196 Å². The van der Waals surface area contributed by atoms with E-state index in [0.29, 0.717) is 31.4 Å². The molecule has 2 N–H and O–H groups in total. The quantitative estimate of drug-likeness (QED) is 0.629. The highest BCUT2D eigenvalue weighted by molar-refractivity contribution is 5.99. The fourth-order valence-electron chi connectivity index (χ4n) is 4.74. The van der Waals surface area contributed by atoms with Crippen molar-refractivity contribution in [1.82, 2.24) is 4.90 Å². The number of para-hydroxylation sites is 1. The van der Waals surface area contributed by atoms with Crippen molar-refractivity contribution in [3.63, 3.8) is 0 Å². The van der Waals surface area contributed by atoms with Crippen LogP contribution in [0.5, 0.6) is 5.75 Å². The van der Waals surface area contributed by atoms with Gasteiger partial charge in [-0.2, -0.15) is 13.2 Å². The third-order valence-corrected chi connectivity index (χ3v) is 7.19. The normalized spacial score (nSPS) is 28.3. The molecule has 10 heteroatoms. The molecule has 0 bridgehead atoms. The van der Waals surface area contributed by atoms with Gasteiger partial charge in [-0.1, -0.05) is 32.0 Å². The average molecular weight is 479 g/mol. The van der Waals surface area contributed by atoms with Gasteiger partial charge in [0, 0.05) is 36.6 Å². The fourth-order valence-corrected chi connectivity index (χ4v) is 4.74. The van der Waals surface area contributed by atoms with Gasteiger partial charge in [-0.25, -0.2) is 9.98 Å². The summed E-state index contributed by atoms with van der Waals surface area (Å²) in [6, 6.07) is 6.48. The summed E-state index contributed by atoms with van der Waals surface area (Å²) in [4.78, 5) is 35.3. The van der Waals surface area contributed by atoms with Crippen LogP contribution < -0.4 is 10.5 Å². The molecule has 4 atom stereocenters. The molecule has 1 saturated carbocycles. The van der Waals surface area contributed by atoms with Crippen molar-refractivity contribution in [3.05, 3.63) is 29.8 Å². The molecular formula is C24H29F3N4O3. The van der Waals surface area contributed by atoms with Crippen LogP contribution in [-0.2, 0) is 9.59 Å². The fraction of sp³-hybridized carbons (Fsp3) is 0.583. The molecule has 0 saturated heterocycles. The highest BCUT2D eigenvalue weighted by Crippen LogP contribution is 2.43. The zero-order valence-electron chi connectivity index (χ0n) is 19.2. The average Bonchev–Trinajstić information content (AvgIpc) is 3.58. The Hall–Kier alpha value is -2.91. The smallest absolute Gasteiger partial charge is 0.425 e. The molecule has 1 fully saturated rings. The first kappa shape index (κ1) is 24.2. The molecule has 0 aromatic heterocycles. The van der Waals surface area contributed by atoms with Gasteiger partial charge in [0.2, 0.25) is 11.8 Å². The number of benzene rings is 1. The van der Waals surface area contributed by atoms with E-state index in [0.717, 1.165) is 0 Å². The van der Waals surface area contributed by atoms with E-state index in [2.05, 4.69) is 9.98 Å². The lowest BCUT2D eigenvalue weighted by atomic mass is 9.88. The molecule has 1 aromatic rings. The highest BCUT2D eigenvalue weighted by atomic mass is 19.4. The second-order valence-corrected chi connectivity index (χ2v) is 9.33. The van der Waals surface area contributed by atoms with Gasteiger partial charge in [0.15, 0.2) is 12.1 Å². The highest BCUT2D eigenvalue weighted by Gasteiger charge is 2.48. The summed E-state index contributed by atoms with van der Waals surface area (Å²) < 4.78 is 45.0. The zero-order chi connectivity index (χ0) is 24.7. The molecule has 4 rings (SSSR count). The number of halogens is 3. The summed E-state index contributed by atoms with van der Waals surface area (Å²) in [5, 5.41) is 0. The first-order chi connectivity index (χ1) is 16.1. The van der Waals surface area contributed by atoms with Crippen molar-refractivity contribution in [3.8, 4) is 5.75 Å². The van der Waals surface area contributed by atoms with E-state index in [9.17, 15) is 22.8 Å². The summed E-state index contributed by atoms with van der Waals surface area (Å²) in [5.41, 5.74) is 6.19. The van der Waals surface area contributed by atoms with Gasteiger partial charge in [-0.15, -0.1) is 0 Å². The summed E-state index contributed by atoms with van der Waals surface area (Å²) in [5.74, 6) is -1.32. The lowest BCUT2D eigenvalue weighted by Gasteiger charge is -2.36. The standard InChI is InChI=1S/C24H29F3N4O3/c1-3-23(4-2)11-20(32)31(22(28)30-23)13-15-9-17(15)21(33)29-12-14-10-19(24(25,26)27)34-18-8-6-5-7-16(14)18/h5-8,12,14-15,17,19H,3-4,9-11,13H2,1-2H3,(H2,28,30)/t14?,15?,17-,19+/m1/s1. The topological polar surface area (TPSA) is 97.3 Å². The Balaban J connectivity index is 1.40. The van der Waals surface area contributed by atoms with E-state index in [4.69, 9.17) is 10.5 Å². The number of amides is 2. The monoisotopic (exact) mass is 478 g/mol. The number of nitrogens with two attached hydrogens (primary N) is 1. The third-order valence-electron chi connectivity index (χ3n) is 7.19. The number of nitrogens with zero attached hydrogens (tertiary/aromatic N) is 3. The SMILES string of the molecule is CCC1(CC)CC(=O)N(CC2C[C@H]2C(=O)N=CC2C[C@@H](C(F)(F)F)Oc3ccccc32)C(N)=N1. The first-order valence-corrected chi connectivity index (χ1v) is 11.6. The number of hydrogen-bond acceptors (Lipinski definition) is 5. The minimum atomic E-state index is -4.51. The first-order valence-electron chi connectivity index (χ1n) is 11.6. The van der Waals surface area contributed by atoms with Crippen molar-refractivity contribution in [2.75, 3.05) is 6.54 Å². The maximum absolute atomic E-state index is 13.3. The minimum Gasteiger partial charge on any atom is -0.481 e. The number of carbonyl (C=O) groups is 2. The van der Waals surface area contributed by atoms with E-state index in [-0.39, 0.29) is 42.3 Å². The molecule has 1 aliphatic carbocycles. The van der Waals surface area contributed by atoms with Gasteiger partial charge in [-0.05, 0) is 31.2 Å². The molecule has 184 valence electrons. The largest absolute Gasteiger partial charge is 0.481 e. The maximum atomic E-state index is 13.3. The number of ether oxygens (including phenoxy) is 1. The molecule has 0 spiro atoms. The van der Waals surface area contributed by atoms with Gasteiger partial charge >= 0.3 is 6.18 Å². The molecule has 1 aromatic carbocycles. The third kappa shape index (κ3) is 4.81. The number of fused-ring (bicyclic) bond motifs is 1. The van der Waals surface area contributed by atoms with Crippen LogP contribution in [0.2, 0.25) is 0 Å². The summed E-state index contributed by atoms with van der Waals surface area (Å²) in [7, 11) is 0. The summed E-state index contributed by atoms with van der Waals surface area (Å²) >= 11 is 0. The predicted molar refractivity (Wildman–Crippen MR) is 121 cm³/mol. The Bertz CT molecular complexity index is 1020. The van der Waals surface area contributed by atoms with Gasteiger partial charge < -0.3 is 10.5 Å². The number of alkyl halides is 3. The van der Waals surface area contributed by atoms with Crippen LogP contribution in [0.3, 0.4) is 0 Å². The van der Waals surface area contributed by atoms with Crippen LogP contribution in [0, 0.1) is 11.8 Å². The molecule has 2 unspecified atom stereocenters. The second-order valence-electron chi connectivity index (χ2n) is 9.33. The molecule has 2 heterocycles. The molecule has 34 heavy (non-hydrogen) atoms. The molecule has 0 radical (unpaired) electrons. The second kappa shape index (κ2) is 9.03. The summed E-state index contributed by atoms with van der Waals surface area (Å²) in [6.45, 7) is 4.25. The molecular weight excluding hydrogens is 449 g/mol. The van der Waals surface area contributed by atoms with Crippen LogP contribution in [0.25, 0.3) is 0 Å². The van der Waals surface area contributed by atoms with Crippen molar-refractivity contribution >= 4 is 24.0 Å². The zero-order valence-corrected chi connectivity index (χ0v) is 19.2.